The van der Waals surface area contributed by atoms with Crippen molar-refractivity contribution >= 4 is 5.90 Å². The lowest BCUT2D eigenvalue weighted by Crippen LogP contribution is -2.34. The van der Waals surface area contributed by atoms with Crippen LogP contribution in [0.15, 0.2) is 0 Å². The van der Waals surface area contributed by atoms with Crippen LogP contribution in [-0.4, -0.2) is 26.1 Å². The van der Waals surface area contributed by atoms with Crippen LogP contribution in [0.2, 0.25) is 0 Å². The lowest BCUT2D eigenvalue weighted by Gasteiger charge is -2.14. The van der Waals surface area contributed by atoms with E-state index in [1.165, 1.54) is 7.11 Å². The molecule has 1 atom stereocenters. The van der Waals surface area contributed by atoms with Gasteiger partial charge in [-0.15, -0.1) is 0 Å². The number of methoxy groups -OCH3 is 1. The Morgan fingerprint density at radius 2 is 2.30 bits per heavy atom. The highest BCUT2D eigenvalue weighted by atomic mass is 16.5. The molecule has 0 aromatic rings. The summed E-state index contributed by atoms with van der Waals surface area (Å²) in [6, 6.07) is 0.0926. The van der Waals surface area contributed by atoms with E-state index in [9.17, 15) is 0 Å². The molecular weight excluding hydrogens is 128 g/mol. The highest BCUT2D eigenvalue weighted by molar-refractivity contribution is 5.78. The van der Waals surface area contributed by atoms with Gasteiger partial charge in [-0.25, -0.2) is 0 Å². The van der Waals surface area contributed by atoms with Gasteiger partial charge >= 0.3 is 0 Å². The van der Waals surface area contributed by atoms with Gasteiger partial charge in [-0.3, -0.25) is 5.41 Å². The molecule has 0 rings (SSSR count). The van der Waals surface area contributed by atoms with Crippen molar-refractivity contribution in [3.05, 3.63) is 0 Å². The second kappa shape index (κ2) is 5.23. The Hall–Kier alpha value is -0.570. The smallest absolute Gasteiger partial charge is 0.197 e. The third-order valence-corrected chi connectivity index (χ3v) is 1.46. The van der Waals surface area contributed by atoms with Crippen LogP contribution < -0.4 is 5.32 Å². The van der Waals surface area contributed by atoms with Crippen LogP contribution in [0.5, 0.6) is 0 Å². The molecule has 3 nitrogen and oxygen atoms in total. The minimum Gasteiger partial charge on any atom is -0.483 e. The molecule has 0 amide bonds. The van der Waals surface area contributed by atoms with Crippen LogP contribution in [0.1, 0.15) is 19.8 Å². The zero-order chi connectivity index (χ0) is 7.98. The minimum absolute atomic E-state index is 0.0926. The molecule has 10 heavy (non-hydrogen) atoms. The van der Waals surface area contributed by atoms with E-state index < -0.39 is 0 Å². The van der Waals surface area contributed by atoms with E-state index in [1.54, 1.807) is 0 Å². The summed E-state index contributed by atoms with van der Waals surface area (Å²) >= 11 is 0. The molecule has 60 valence electrons. The molecule has 0 fully saturated rings. The maximum Gasteiger partial charge on any atom is 0.197 e. The summed E-state index contributed by atoms with van der Waals surface area (Å²) in [6.07, 6.45) is 2.03. The van der Waals surface area contributed by atoms with Gasteiger partial charge in [0.2, 0.25) is 0 Å². The van der Waals surface area contributed by atoms with E-state index in [1.807, 2.05) is 7.05 Å². The average Bonchev–Trinajstić information content (AvgIpc) is 1.99. The maximum absolute atomic E-state index is 7.31. The lowest BCUT2D eigenvalue weighted by atomic mass is 10.2. The van der Waals surface area contributed by atoms with E-state index >= 15 is 0 Å². The monoisotopic (exact) mass is 144 g/mol. The third kappa shape index (κ3) is 2.82. The molecule has 0 aromatic carbocycles. The molecule has 0 spiro atoms. The van der Waals surface area contributed by atoms with E-state index in [2.05, 4.69) is 12.2 Å². The van der Waals surface area contributed by atoms with Crippen molar-refractivity contribution in [2.75, 3.05) is 14.2 Å². The molecule has 0 bridgehead atoms. The van der Waals surface area contributed by atoms with Crippen molar-refractivity contribution in [1.82, 2.24) is 5.32 Å². The van der Waals surface area contributed by atoms with E-state index in [-0.39, 0.29) is 6.04 Å². The standard InChI is InChI=1S/C7H16N2O/c1-4-5-6(9-2)7(8)10-3/h6,8-9H,4-5H2,1-3H3. The molecule has 0 heterocycles. The van der Waals surface area contributed by atoms with E-state index in [4.69, 9.17) is 10.1 Å². The third-order valence-electron chi connectivity index (χ3n) is 1.46. The van der Waals surface area contributed by atoms with E-state index in [0.717, 1.165) is 12.8 Å². The molecule has 0 saturated carbocycles. The van der Waals surface area contributed by atoms with Crippen molar-refractivity contribution in [3.63, 3.8) is 0 Å². The quantitative estimate of drug-likeness (QED) is 0.456. The maximum atomic E-state index is 7.31. The largest absolute Gasteiger partial charge is 0.483 e. The molecule has 0 aromatic heterocycles. The van der Waals surface area contributed by atoms with Crippen molar-refractivity contribution in [1.29, 1.82) is 5.41 Å². The molecule has 0 aliphatic heterocycles. The summed E-state index contributed by atoms with van der Waals surface area (Å²) in [5.41, 5.74) is 0. The number of rotatable bonds is 4. The minimum atomic E-state index is 0.0926. The van der Waals surface area contributed by atoms with Gasteiger partial charge in [-0.05, 0) is 13.5 Å². The Bertz CT molecular complexity index is 104. The average molecular weight is 144 g/mol. The van der Waals surface area contributed by atoms with Crippen LogP contribution in [0.25, 0.3) is 0 Å². The van der Waals surface area contributed by atoms with Crippen LogP contribution in [0, 0.1) is 5.41 Å². The summed E-state index contributed by atoms with van der Waals surface area (Å²) in [5, 5.41) is 10.3. The molecule has 0 radical (unpaired) electrons. The topological polar surface area (TPSA) is 45.1 Å². The Morgan fingerprint density at radius 1 is 1.70 bits per heavy atom. The highest BCUT2D eigenvalue weighted by Crippen LogP contribution is 1.97. The number of likely N-dealkylation sites (N-methyl/N-ethyl adjacent to an activating group) is 1. The van der Waals surface area contributed by atoms with E-state index in [0.29, 0.717) is 5.90 Å². The summed E-state index contributed by atoms with van der Waals surface area (Å²) in [4.78, 5) is 0. The molecule has 3 heteroatoms. The molecule has 0 aliphatic carbocycles. The molecule has 0 aliphatic rings. The van der Waals surface area contributed by atoms with Gasteiger partial charge in [-0.1, -0.05) is 13.3 Å². The normalized spacial score (nSPS) is 12.7. The van der Waals surface area contributed by atoms with Gasteiger partial charge in [-0.2, -0.15) is 0 Å². The van der Waals surface area contributed by atoms with Crippen LogP contribution in [-0.2, 0) is 4.74 Å². The van der Waals surface area contributed by atoms with Gasteiger partial charge < -0.3 is 10.1 Å². The second-order valence-electron chi connectivity index (χ2n) is 2.20. The first-order valence-electron chi connectivity index (χ1n) is 3.56. The van der Waals surface area contributed by atoms with Crippen molar-refractivity contribution in [3.8, 4) is 0 Å². The fourth-order valence-corrected chi connectivity index (χ4v) is 0.837. The predicted octanol–water partition coefficient (Wildman–Crippen LogP) is 0.998. The summed E-state index contributed by atoms with van der Waals surface area (Å²) < 4.78 is 4.78. The fraction of sp³-hybridized carbons (Fsp3) is 0.857. The van der Waals surface area contributed by atoms with Crippen molar-refractivity contribution in [2.45, 2.75) is 25.8 Å². The number of hydrogen-bond donors (Lipinski definition) is 2. The Kier molecular flexibility index (Phi) is 4.94. The molecule has 1 unspecified atom stereocenters. The Labute approximate surface area is 62.3 Å². The summed E-state index contributed by atoms with van der Waals surface area (Å²) in [7, 11) is 3.37. The van der Waals surface area contributed by atoms with Gasteiger partial charge in [0.05, 0.1) is 13.2 Å². The highest BCUT2D eigenvalue weighted by Gasteiger charge is 2.10. The summed E-state index contributed by atoms with van der Waals surface area (Å²) in [5.74, 6) is 0.323. The predicted molar refractivity (Wildman–Crippen MR) is 42.5 cm³/mol. The van der Waals surface area contributed by atoms with Gasteiger partial charge in [0.15, 0.2) is 5.90 Å². The van der Waals surface area contributed by atoms with Gasteiger partial charge in [0.1, 0.15) is 0 Å². The zero-order valence-electron chi connectivity index (χ0n) is 6.90. The molecule has 2 N–H and O–H groups in total. The van der Waals surface area contributed by atoms with Crippen molar-refractivity contribution < 1.29 is 4.74 Å². The lowest BCUT2D eigenvalue weighted by molar-refractivity contribution is 0.363. The Balaban J connectivity index is 3.68. The summed E-state index contributed by atoms with van der Waals surface area (Å²) in [6.45, 7) is 2.09. The number of nitrogens with one attached hydrogen (secondary N) is 2. The first-order valence-corrected chi connectivity index (χ1v) is 3.56. The molecule has 0 saturated heterocycles. The van der Waals surface area contributed by atoms with Gasteiger partial charge in [0.25, 0.3) is 0 Å². The van der Waals surface area contributed by atoms with Gasteiger partial charge in [0, 0.05) is 0 Å². The SMILES string of the molecule is CCCC(NC)C(=N)OC. The van der Waals surface area contributed by atoms with Crippen LogP contribution in [0.4, 0.5) is 0 Å². The zero-order valence-corrected chi connectivity index (χ0v) is 6.90. The second-order valence-corrected chi connectivity index (χ2v) is 2.20. The van der Waals surface area contributed by atoms with Crippen LogP contribution in [0.3, 0.4) is 0 Å². The Morgan fingerprint density at radius 3 is 2.60 bits per heavy atom. The first-order chi connectivity index (χ1) is 4.76. The first kappa shape index (κ1) is 9.43. The number of ether oxygens (including phenoxy) is 1. The van der Waals surface area contributed by atoms with Crippen LogP contribution >= 0.6 is 0 Å². The van der Waals surface area contributed by atoms with Crippen molar-refractivity contribution in [2.24, 2.45) is 0 Å². The molecular formula is C7H16N2O. The number of hydrogen-bond acceptors (Lipinski definition) is 3. The fourth-order valence-electron chi connectivity index (χ4n) is 0.837.